The minimum atomic E-state index is -2.54. The zero-order valence-electron chi connectivity index (χ0n) is 15.2. The molecule has 1 amide bonds. The first kappa shape index (κ1) is 21.2. The molecule has 0 radical (unpaired) electrons. The Labute approximate surface area is 156 Å². The van der Waals surface area contributed by atoms with Gasteiger partial charge in [-0.25, -0.2) is 0 Å². The summed E-state index contributed by atoms with van der Waals surface area (Å²) < 4.78 is 25.3. The highest BCUT2D eigenvalue weighted by Gasteiger charge is 2.29. The largest absolute Gasteiger partial charge is 0.365 e. The van der Waals surface area contributed by atoms with E-state index < -0.39 is 16.4 Å². The number of carbonyl (C=O) groups excluding carboxylic acids is 1. The topological polar surface area (TPSA) is 78.8 Å². The number of thiocarbonyl (C=S) groups is 1. The molecule has 0 saturated heterocycles. The normalized spacial score (nSPS) is 11.8. The zero-order valence-corrected chi connectivity index (χ0v) is 16.9. The van der Waals surface area contributed by atoms with Crippen molar-refractivity contribution in [3.05, 3.63) is 29.3 Å². The third-order valence-electron chi connectivity index (χ3n) is 4.25. The van der Waals surface area contributed by atoms with Crippen LogP contribution in [0.5, 0.6) is 0 Å². The molecule has 0 aliphatic heterocycles. The number of rotatable bonds is 6. The van der Waals surface area contributed by atoms with E-state index in [1.165, 1.54) is 0 Å². The molecule has 1 aromatic rings. The molecule has 0 spiro atoms. The molecule has 6 nitrogen and oxygen atoms in total. The van der Waals surface area contributed by atoms with Crippen molar-refractivity contribution in [1.29, 1.82) is 0 Å². The molecule has 1 N–H and O–H groups in total. The van der Waals surface area contributed by atoms with E-state index >= 15 is 0 Å². The summed E-state index contributed by atoms with van der Waals surface area (Å²) in [5.74, 6) is -0.590. The van der Waals surface area contributed by atoms with Gasteiger partial charge in [0.05, 0.1) is 11.6 Å². The van der Waals surface area contributed by atoms with Crippen molar-refractivity contribution in [2.45, 2.75) is 52.5 Å². The monoisotopic (exact) mass is 383 g/mol. The van der Waals surface area contributed by atoms with Crippen LogP contribution < -0.4 is 5.32 Å². The van der Waals surface area contributed by atoms with Crippen LogP contribution in [0.4, 0.5) is 5.69 Å². The first-order valence-corrected chi connectivity index (χ1v) is 9.67. The zero-order chi connectivity index (χ0) is 19.1. The Morgan fingerprint density at radius 1 is 1.32 bits per heavy atom. The van der Waals surface area contributed by atoms with Gasteiger partial charge in [0.1, 0.15) is 0 Å². The summed E-state index contributed by atoms with van der Waals surface area (Å²) in [7, 11) is -0.841. The second-order valence-corrected chi connectivity index (χ2v) is 6.81. The van der Waals surface area contributed by atoms with Gasteiger partial charge >= 0.3 is 10.5 Å². The van der Waals surface area contributed by atoms with E-state index in [4.69, 9.17) is 12.2 Å². The van der Waals surface area contributed by atoms with E-state index in [-0.39, 0.29) is 11.9 Å². The fourth-order valence-electron chi connectivity index (χ4n) is 2.65. The molecule has 1 unspecified atom stereocenters. The van der Waals surface area contributed by atoms with E-state index in [0.717, 1.165) is 18.4 Å². The number of hydrogen-bond donors (Lipinski definition) is 1. The fraction of sp³-hybridized carbons (Fsp3) is 0.529. The molecule has 0 aromatic heterocycles. The van der Waals surface area contributed by atoms with Gasteiger partial charge in [0, 0.05) is 13.1 Å². The average Bonchev–Trinajstić information content (AvgIpc) is 2.59. The maximum absolute atomic E-state index is 13.1. The smallest absolute Gasteiger partial charge is 0.316 e. The maximum atomic E-state index is 13.1. The third-order valence-corrected chi connectivity index (χ3v) is 5.00. The molecular formula is C17H25N3O3S2. The first-order chi connectivity index (χ1) is 11.8. The van der Waals surface area contributed by atoms with Gasteiger partial charge in [-0.2, -0.15) is 8.42 Å². The van der Waals surface area contributed by atoms with Gasteiger partial charge in [-0.1, -0.05) is 26.0 Å². The van der Waals surface area contributed by atoms with Crippen molar-refractivity contribution in [3.63, 3.8) is 0 Å². The summed E-state index contributed by atoms with van der Waals surface area (Å²) in [5.41, 5.74) is 1.78. The van der Waals surface area contributed by atoms with Crippen LogP contribution in [-0.4, -0.2) is 37.4 Å². The average molecular weight is 384 g/mol. The molecule has 25 heavy (non-hydrogen) atoms. The van der Waals surface area contributed by atoms with Crippen molar-refractivity contribution in [2.24, 2.45) is 4.36 Å². The second-order valence-electron chi connectivity index (χ2n) is 5.81. The van der Waals surface area contributed by atoms with Crippen LogP contribution in [0.2, 0.25) is 0 Å². The fourth-order valence-corrected chi connectivity index (χ4v) is 3.24. The lowest BCUT2D eigenvalue weighted by atomic mass is 9.96. The van der Waals surface area contributed by atoms with Crippen molar-refractivity contribution in [2.75, 3.05) is 7.05 Å². The molecule has 1 aromatic carbocycles. The predicted octanol–water partition coefficient (Wildman–Crippen LogP) is 3.31. The van der Waals surface area contributed by atoms with Crippen molar-refractivity contribution in [1.82, 2.24) is 10.2 Å². The standard InChI is InChI=1S/C17H25N3O3S2/c1-6-14(7-2)20(17(24)18-5)16(21)12(4)13-9-8-11(3)15(10-13)19-25(22)23/h8-10,12,14H,6-7H2,1-5H3,(H,18,24). The second kappa shape index (κ2) is 9.62. The molecule has 0 bridgehead atoms. The molecule has 0 aliphatic carbocycles. The van der Waals surface area contributed by atoms with Gasteiger partial charge in [-0.15, -0.1) is 4.36 Å². The molecule has 0 saturated carbocycles. The van der Waals surface area contributed by atoms with Crippen LogP contribution in [0.1, 0.15) is 50.7 Å². The van der Waals surface area contributed by atoms with Crippen LogP contribution >= 0.6 is 12.2 Å². The van der Waals surface area contributed by atoms with E-state index in [1.54, 1.807) is 37.9 Å². The summed E-state index contributed by atoms with van der Waals surface area (Å²) in [6, 6.07) is 5.24. The molecule has 138 valence electrons. The van der Waals surface area contributed by atoms with Crippen LogP contribution in [0.25, 0.3) is 0 Å². The summed E-state index contributed by atoms with van der Waals surface area (Å²) in [6.45, 7) is 7.60. The highest BCUT2D eigenvalue weighted by Crippen LogP contribution is 2.27. The Kier molecular flexibility index (Phi) is 8.18. The highest BCUT2D eigenvalue weighted by molar-refractivity contribution is 7.80. The molecule has 0 heterocycles. The lowest BCUT2D eigenvalue weighted by Crippen LogP contribution is -2.49. The van der Waals surface area contributed by atoms with Gasteiger partial charge < -0.3 is 5.32 Å². The number of benzene rings is 1. The van der Waals surface area contributed by atoms with Gasteiger partial charge in [0.15, 0.2) is 5.11 Å². The van der Waals surface area contributed by atoms with E-state index in [9.17, 15) is 13.2 Å². The Balaban J connectivity index is 3.27. The van der Waals surface area contributed by atoms with E-state index in [0.29, 0.717) is 16.4 Å². The molecule has 1 rings (SSSR count). The summed E-state index contributed by atoms with van der Waals surface area (Å²) >= 11 is 5.33. The van der Waals surface area contributed by atoms with Crippen molar-refractivity contribution < 1.29 is 13.2 Å². The Hall–Kier alpha value is -1.80. The van der Waals surface area contributed by atoms with Crippen LogP contribution in [0, 0.1) is 6.92 Å². The predicted molar refractivity (Wildman–Crippen MR) is 103 cm³/mol. The van der Waals surface area contributed by atoms with Gasteiger partial charge in [0.25, 0.3) is 0 Å². The maximum Gasteiger partial charge on any atom is 0.316 e. The number of aryl methyl sites for hydroxylation is 1. The van der Waals surface area contributed by atoms with Crippen LogP contribution in [0.15, 0.2) is 22.6 Å². The Morgan fingerprint density at radius 3 is 2.40 bits per heavy atom. The van der Waals surface area contributed by atoms with Gasteiger partial charge in [0.2, 0.25) is 5.91 Å². The first-order valence-electron chi connectivity index (χ1n) is 8.23. The quantitative estimate of drug-likeness (QED) is 0.763. The molecular weight excluding hydrogens is 358 g/mol. The summed E-state index contributed by atoms with van der Waals surface area (Å²) in [6.07, 6.45) is 1.58. The van der Waals surface area contributed by atoms with Crippen molar-refractivity contribution >= 4 is 39.4 Å². The number of nitrogens with one attached hydrogen (secondary N) is 1. The van der Waals surface area contributed by atoms with E-state index in [2.05, 4.69) is 9.68 Å². The number of amides is 1. The molecule has 0 fully saturated rings. The van der Waals surface area contributed by atoms with Crippen molar-refractivity contribution in [3.8, 4) is 0 Å². The molecule has 8 heteroatoms. The Bertz CT molecular complexity index is 763. The van der Waals surface area contributed by atoms with Crippen LogP contribution in [-0.2, 0) is 15.3 Å². The lowest BCUT2D eigenvalue weighted by Gasteiger charge is -2.32. The molecule has 0 aliphatic rings. The summed E-state index contributed by atoms with van der Waals surface area (Å²) in [5, 5.41) is 3.28. The van der Waals surface area contributed by atoms with Gasteiger partial charge in [-0.3, -0.25) is 9.69 Å². The summed E-state index contributed by atoms with van der Waals surface area (Å²) in [4.78, 5) is 14.7. The molecule has 1 atom stereocenters. The third kappa shape index (κ3) is 5.34. The highest BCUT2D eigenvalue weighted by atomic mass is 32.2. The van der Waals surface area contributed by atoms with Crippen LogP contribution in [0.3, 0.4) is 0 Å². The number of nitrogens with zero attached hydrogens (tertiary/aromatic N) is 2. The SMILES string of the molecule is CCC(CC)N(C(=O)C(C)c1ccc(C)c(N=S(=O)=O)c1)C(=S)NC. The Morgan fingerprint density at radius 2 is 1.92 bits per heavy atom. The lowest BCUT2D eigenvalue weighted by molar-refractivity contribution is -0.130. The number of hydrogen-bond acceptors (Lipinski definition) is 5. The minimum Gasteiger partial charge on any atom is -0.365 e. The number of carbonyl (C=O) groups is 1. The van der Waals surface area contributed by atoms with E-state index in [1.807, 2.05) is 19.9 Å². The van der Waals surface area contributed by atoms with Gasteiger partial charge in [-0.05, 0) is 56.1 Å². The minimum absolute atomic E-state index is 0.0126.